The van der Waals surface area contributed by atoms with E-state index >= 15 is 0 Å². The topological polar surface area (TPSA) is 42.1 Å². The fourth-order valence-electron chi connectivity index (χ4n) is 2.24. The van der Waals surface area contributed by atoms with E-state index in [0.29, 0.717) is 11.1 Å². The molecule has 0 atom stereocenters. The molecule has 0 amide bonds. The Balaban J connectivity index is 2.08. The highest BCUT2D eigenvalue weighted by Crippen LogP contribution is 2.26. The van der Waals surface area contributed by atoms with Gasteiger partial charge in [0.25, 0.3) is 0 Å². The quantitative estimate of drug-likeness (QED) is 0.717. The summed E-state index contributed by atoms with van der Waals surface area (Å²) in [5.41, 5.74) is 1.80. The Bertz CT molecular complexity index is 841. The van der Waals surface area contributed by atoms with Crippen LogP contribution < -0.4 is 4.74 Å². The first-order valence-corrected chi connectivity index (χ1v) is 7.04. The molecule has 0 radical (unpaired) electrons. The lowest BCUT2D eigenvalue weighted by atomic mass is 10.0. The summed E-state index contributed by atoms with van der Waals surface area (Å²) < 4.78 is 19.3. The highest BCUT2D eigenvalue weighted by Gasteiger charge is 2.16. The van der Waals surface area contributed by atoms with Crippen LogP contribution in [0.25, 0.3) is 10.9 Å². The predicted octanol–water partition coefficient (Wildman–Crippen LogP) is 4.31. The van der Waals surface area contributed by atoms with Gasteiger partial charge in [-0.1, -0.05) is 22.0 Å². The van der Waals surface area contributed by atoms with Gasteiger partial charge in [-0.3, -0.25) is 4.79 Å². The number of carbonyl (C=O) groups is 1. The number of benzene rings is 2. The van der Waals surface area contributed by atoms with Crippen LogP contribution in [0, 0.1) is 5.82 Å². The number of halogens is 2. The van der Waals surface area contributed by atoms with E-state index in [2.05, 4.69) is 20.9 Å². The molecular formula is C16H11BrFNO2. The maximum Gasteiger partial charge on any atom is 0.195 e. The smallest absolute Gasteiger partial charge is 0.195 e. The van der Waals surface area contributed by atoms with E-state index in [4.69, 9.17) is 4.74 Å². The van der Waals surface area contributed by atoms with Crippen molar-refractivity contribution < 1.29 is 13.9 Å². The molecule has 0 aliphatic heterocycles. The monoisotopic (exact) mass is 347 g/mol. The van der Waals surface area contributed by atoms with Crippen molar-refractivity contribution in [3.8, 4) is 5.75 Å². The van der Waals surface area contributed by atoms with E-state index in [1.54, 1.807) is 6.20 Å². The number of ketones is 1. The average Bonchev–Trinajstić information content (AvgIpc) is 2.89. The second kappa shape index (κ2) is 5.33. The first-order chi connectivity index (χ1) is 10.1. The number of ether oxygens (including phenoxy) is 1. The van der Waals surface area contributed by atoms with Crippen LogP contribution in [-0.4, -0.2) is 17.9 Å². The van der Waals surface area contributed by atoms with Crippen molar-refractivity contribution in [1.29, 1.82) is 0 Å². The normalized spacial score (nSPS) is 10.8. The van der Waals surface area contributed by atoms with Crippen molar-refractivity contribution in [1.82, 2.24) is 4.98 Å². The van der Waals surface area contributed by atoms with Gasteiger partial charge in [0.15, 0.2) is 17.3 Å². The Labute approximate surface area is 128 Å². The molecule has 5 heteroatoms. The standard InChI is InChI=1S/C16H11BrFNO2/c1-21-15-6-9(2-5-13(15)18)16(20)12-8-19-14-7-10(17)3-4-11(12)14/h2-8,19H,1H3. The number of nitrogens with one attached hydrogen (secondary N) is 1. The van der Waals surface area contributed by atoms with Gasteiger partial charge in [0.2, 0.25) is 0 Å². The van der Waals surface area contributed by atoms with E-state index in [0.717, 1.165) is 15.4 Å². The highest BCUT2D eigenvalue weighted by molar-refractivity contribution is 9.10. The zero-order valence-electron chi connectivity index (χ0n) is 11.1. The fourth-order valence-corrected chi connectivity index (χ4v) is 2.60. The van der Waals surface area contributed by atoms with Gasteiger partial charge in [0.05, 0.1) is 7.11 Å². The summed E-state index contributed by atoms with van der Waals surface area (Å²) in [5, 5.41) is 0.825. The number of carbonyl (C=O) groups excluding carboxylic acids is 1. The van der Waals surface area contributed by atoms with Crippen LogP contribution in [-0.2, 0) is 0 Å². The van der Waals surface area contributed by atoms with E-state index in [9.17, 15) is 9.18 Å². The van der Waals surface area contributed by atoms with E-state index in [1.165, 1.54) is 25.3 Å². The lowest BCUT2D eigenvalue weighted by molar-refractivity contribution is 0.104. The molecule has 21 heavy (non-hydrogen) atoms. The lowest BCUT2D eigenvalue weighted by Crippen LogP contribution is -2.01. The third-order valence-corrected chi connectivity index (χ3v) is 3.79. The van der Waals surface area contributed by atoms with Gasteiger partial charge in [0.1, 0.15) is 0 Å². The number of hydrogen-bond acceptors (Lipinski definition) is 2. The van der Waals surface area contributed by atoms with Crippen LogP contribution in [0.4, 0.5) is 4.39 Å². The Morgan fingerprint density at radius 1 is 1.24 bits per heavy atom. The molecule has 0 aliphatic rings. The second-order valence-electron chi connectivity index (χ2n) is 4.57. The maximum absolute atomic E-state index is 13.4. The first kappa shape index (κ1) is 13.8. The molecule has 3 rings (SSSR count). The fraction of sp³-hybridized carbons (Fsp3) is 0.0625. The number of H-pyrrole nitrogens is 1. The minimum Gasteiger partial charge on any atom is -0.494 e. The van der Waals surface area contributed by atoms with Gasteiger partial charge in [-0.2, -0.15) is 0 Å². The molecule has 3 aromatic rings. The van der Waals surface area contributed by atoms with Crippen LogP contribution in [0.5, 0.6) is 5.75 Å². The van der Waals surface area contributed by atoms with Crippen molar-refractivity contribution >= 4 is 32.6 Å². The average molecular weight is 348 g/mol. The molecule has 0 aliphatic carbocycles. The SMILES string of the molecule is COc1cc(C(=O)c2c[nH]c3cc(Br)ccc23)ccc1F. The first-order valence-electron chi connectivity index (χ1n) is 6.25. The molecule has 0 spiro atoms. The molecule has 0 bridgehead atoms. The minimum absolute atomic E-state index is 0.0587. The second-order valence-corrected chi connectivity index (χ2v) is 5.49. The summed E-state index contributed by atoms with van der Waals surface area (Å²) in [5.74, 6) is -0.609. The zero-order chi connectivity index (χ0) is 15.0. The third-order valence-electron chi connectivity index (χ3n) is 3.30. The number of fused-ring (bicyclic) bond motifs is 1. The van der Waals surface area contributed by atoms with Gasteiger partial charge < -0.3 is 9.72 Å². The third kappa shape index (κ3) is 2.45. The number of hydrogen-bond donors (Lipinski definition) is 1. The maximum atomic E-state index is 13.4. The molecule has 1 N–H and O–H groups in total. The summed E-state index contributed by atoms with van der Waals surface area (Å²) in [6.07, 6.45) is 1.66. The molecular weight excluding hydrogens is 337 g/mol. The number of aromatic amines is 1. The van der Waals surface area contributed by atoms with Gasteiger partial charge in [0, 0.05) is 32.7 Å². The van der Waals surface area contributed by atoms with Crippen LogP contribution in [0.1, 0.15) is 15.9 Å². The largest absolute Gasteiger partial charge is 0.494 e. The molecule has 0 fully saturated rings. The number of rotatable bonds is 3. The Hall–Kier alpha value is -2.14. The van der Waals surface area contributed by atoms with Crippen LogP contribution in [0.2, 0.25) is 0 Å². The molecule has 0 unspecified atom stereocenters. The summed E-state index contributed by atoms with van der Waals surface area (Å²) in [4.78, 5) is 15.6. The highest BCUT2D eigenvalue weighted by atomic mass is 79.9. The Kier molecular flexibility index (Phi) is 3.51. The number of aromatic nitrogens is 1. The van der Waals surface area contributed by atoms with Gasteiger partial charge >= 0.3 is 0 Å². The van der Waals surface area contributed by atoms with Crippen molar-refractivity contribution in [3.05, 3.63) is 64.0 Å². The van der Waals surface area contributed by atoms with Crippen LogP contribution in [0.3, 0.4) is 0 Å². The lowest BCUT2D eigenvalue weighted by Gasteiger charge is -2.05. The van der Waals surface area contributed by atoms with Crippen molar-refractivity contribution in [3.63, 3.8) is 0 Å². The van der Waals surface area contributed by atoms with Crippen LogP contribution >= 0.6 is 15.9 Å². The van der Waals surface area contributed by atoms with Crippen molar-refractivity contribution in [2.24, 2.45) is 0 Å². The number of methoxy groups -OCH3 is 1. The summed E-state index contributed by atoms with van der Waals surface area (Å²) >= 11 is 3.39. The van der Waals surface area contributed by atoms with E-state index in [1.807, 2.05) is 18.2 Å². The summed E-state index contributed by atoms with van der Waals surface area (Å²) in [6, 6.07) is 9.74. The van der Waals surface area contributed by atoms with Gasteiger partial charge in [-0.15, -0.1) is 0 Å². The summed E-state index contributed by atoms with van der Waals surface area (Å²) in [7, 11) is 1.37. The van der Waals surface area contributed by atoms with Gasteiger partial charge in [-0.05, 0) is 30.3 Å². The molecule has 0 saturated heterocycles. The van der Waals surface area contributed by atoms with E-state index in [-0.39, 0.29) is 11.5 Å². The molecule has 1 heterocycles. The molecule has 106 valence electrons. The molecule has 2 aromatic carbocycles. The minimum atomic E-state index is -0.489. The summed E-state index contributed by atoms with van der Waals surface area (Å²) in [6.45, 7) is 0. The van der Waals surface area contributed by atoms with Crippen molar-refractivity contribution in [2.75, 3.05) is 7.11 Å². The Morgan fingerprint density at radius 3 is 2.81 bits per heavy atom. The van der Waals surface area contributed by atoms with Crippen molar-refractivity contribution in [2.45, 2.75) is 0 Å². The predicted molar refractivity (Wildman–Crippen MR) is 82.4 cm³/mol. The molecule has 1 aromatic heterocycles. The molecule has 0 saturated carbocycles. The van der Waals surface area contributed by atoms with Gasteiger partial charge in [-0.25, -0.2) is 4.39 Å². The van der Waals surface area contributed by atoms with E-state index < -0.39 is 5.82 Å². The Morgan fingerprint density at radius 2 is 2.05 bits per heavy atom. The molecule has 3 nitrogen and oxygen atoms in total. The zero-order valence-corrected chi connectivity index (χ0v) is 12.7. The van der Waals surface area contributed by atoms with Crippen LogP contribution in [0.15, 0.2) is 47.1 Å².